The van der Waals surface area contributed by atoms with Crippen molar-refractivity contribution in [3.8, 4) is 0 Å². The first-order valence-electron chi connectivity index (χ1n) is 8.54. The molecule has 3 heterocycles. The quantitative estimate of drug-likeness (QED) is 0.678. The number of H-pyrrole nitrogens is 1. The molecule has 2 aromatic carbocycles. The zero-order valence-electron chi connectivity index (χ0n) is 13.4. The summed E-state index contributed by atoms with van der Waals surface area (Å²) in [7, 11) is 0. The Balaban J connectivity index is 1.70. The van der Waals surface area contributed by atoms with Gasteiger partial charge in [0, 0.05) is 35.4 Å². The summed E-state index contributed by atoms with van der Waals surface area (Å²) in [5, 5.41) is 5.74. The third kappa shape index (κ3) is 1.88. The number of primary amides is 1. The van der Waals surface area contributed by atoms with Gasteiger partial charge in [-0.2, -0.15) is 0 Å². The van der Waals surface area contributed by atoms with Gasteiger partial charge in [0.15, 0.2) is 0 Å². The molecule has 0 spiro atoms. The van der Waals surface area contributed by atoms with Crippen LogP contribution < -0.4 is 16.0 Å². The first-order valence-corrected chi connectivity index (χ1v) is 8.54. The second-order valence-corrected chi connectivity index (χ2v) is 6.93. The topological polar surface area (TPSA) is 74.2 Å². The summed E-state index contributed by atoms with van der Waals surface area (Å²) in [4.78, 5) is 18.0. The van der Waals surface area contributed by atoms with Crippen LogP contribution in [0, 0.1) is 5.92 Å². The summed E-state index contributed by atoms with van der Waals surface area (Å²) >= 11 is 0. The van der Waals surface area contributed by atoms with Crippen LogP contribution in [0.15, 0.2) is 36.4 Å². The Bertz CT molecular complexity index is 949. The minimum absolute atomic E-state index is 0.368. The molecule has 0 aliphatic carbocycles. The van der Waals surface area contributed by atoms with Gasteiger partial charge in [-0.05, 0) is 31.0 Å². The van der Waals surface area contributed by atoms with E-state index in [9.17, 15) is 4.79 Å². The number of nitrogens with two attached hydrogens (primary N) is 1. The number of para-hydroxylation sites is 1. The zero-order chi connectivity index (χ0) is 16.3. The highest BCUT2D eigenvalue weighted by molar-refractivity contribution is 6.17. The molecule has 0 radical (unpaired) electrons. The Hall–Kier alpha value is -2.53. The third-order valence-corrected chi connectivity index (χ3v) is 5.61. The Morgan fingerprint density at radius 1 is 1.12 bits per heavy atom. The number of aromatic amines is 1. The van der Waals surface area contributed by atoms with E-state index in [1.807, 2.05) is 18.2 Å². The fraction of sp³-hybridized carbons (Fsp3) is 0.316. The van der Waals surface area contributed by atoms with Crippen LogP contribution in [0.4, 0.5) is 5.69 Å². The summed E-state index contributed by atoms with van der Waals surface area (Å²) in [6, 6.07) is 12.8. The van der Waals surface area contributed by atoms with Gasteiger partial charge >= 0.3 is 0 Å². The fourth-order valence-corrected chi connectivity index (χ4v) is 4.47. The molecule has 0 saturated carbocycles. The summed E-state index contributed by atoms with van der Waals surface area (Å²) in [5.74, 6) is 0.302. The van der Waals surface area contributed by atoms with Crippen LogP contribution >= 0.6 is 0 Å². The lowest BCUT2D eigenvalue weighted by Crippen LogP contribution is -2.31. The van der Waals surface area contributed by atoms with E-state index < -0.39 is 0 Å². The highest BCUT2D eigenvalue weighted by Gasteiger charge is 2.37. The molecular formula is C19H20N4O. The number of fused-ring (bicyclic) bond motifs is 4. The van der Waals surface area contributed by atoms with Crippen molar-refractivity contribution in [3.05, 3.63) is 42.0 Å². The maximum Gasteiger partial charge on any atom is 0.252 e. The summed E-state index contributed by atoms with van der Waals surface area (Å²) in [6.45, 7) is 3.03. The van der Waals surface area contributed by atoms with E-state index in [0.717, 1.165) is 47.1 Å². The number of carbonyl (C=O) groups is 1. The van der Waals surface area contributed by atoms with Crippen LogP contribution in [-0.2, 0) is 0 Å². The lowest BCUT2D eigenvalue weighted by molar-refractivity contribution is 0.100. The molecule has 0 bridgehead atoms. The Morgan fingerprint density at radius 2 is 2.00 bits per heavy atom. The minimum Gasteiger partial charge on any atom is -0.369 e. The molecule has 5 heteroatoms. The van der Waals surface area contributed by atoms with Crippen molar-refractivity contribution in [2.45, 2.75) is 12.5 Å². The molecule has 1 amide bonds. The number of anilines is 1. The molecule has 24 heavy (non-hydrogen) atoms. The standard InChI is InChI=1S/C19H20N4O/c20-19(24)17-16(23-9-11-7-8-21-15(11)10-23)6-5-13-12-3-1-2-4-14(12)22-18(13)17/h1-6,11,15,21-22H,7-10H2,(H2,20,24). The molecule has 1 aromatic heterocycles. The molecule has 3 aromatic rings. The van der Waals surface area contributed by atoms with Crippen LogP contribution in [0.3, 0.4) is 0 Å². The van der Waals surface area contributed by atoms with Gasteiger partial charge in [0.05, 0.1) is 16.8 Å². The molecule has 2 saturated heterocycles. The molecule has 2 fully saturated rings. The summed E-state index contributed by atoms with van der Waals surface area (Å²) in [6.07, 6.45) is 1.21. The first-order chi connectivity index (χ1) is 11.7. The average molecular weight is 320 g/mol. The predicted molar refractivity (Wildman–Crippen MR) is 96.4 cm³/mol. The van der Waals surface area contributed by atoms with Gasteiger partial charge < -0.3 is 20.9 Å². The third-order valence-electron chi connectivity index (χ3n) is 5.61. The number of aromatic nitrogens is 1. The van der Waals surface area contributed by atoms with E-state index in [1.165, 1.54) is 6.42 Å². The normalized spacial score (nSPS) is 23.2. The number of nitrogens with one attached hydrogen (secondary N) is 2. The van der Waals surface area contributed by atoms with Gasteiger partial charge in [-0.25, -0.2) is 0 Å². The lowest BCUT2D eigenvalue weighted by Gasteiger charge is -2.22. The average Bonchev–Trinajstić information content (AvgIpc) is 3.25. The van der Waals surface area contributed by atoms with E-state index in [4.69, 9.17) is 5.73 Å². The monoisotopic (exact) mass is 320 g/mol. The highest BCUT2D eigenvalue weighted by atomic mass is 16.1. The number of carbonyl (C=O) groups excluding carboxylic acids is 1. The Kier molecular flexibility index (Phi) is 2.88. The molecule has 5 rings (SSSR count). The number of rotatable bonds is 2. The number of amides is 1. The van der Waals surface area contributed by atoms with Crippen LogP contribution in [-0.4, -0.2) is 36.6 Å². The van der Waals surface area contributed by atoms with Crippen molar-refractivity contribution in [1.29, 1.82) is 0 Å². The Labute approximate surface area is 139 Å². The molecule has 4 N–H and O–H groups in total. The van der Waals surface area contributed by atoms with Gasteiger partial charge in [-0.3, -0.25) is 4.79 Å². The highest BCUT2D eigenvalue weighted by Crippen LogP contribution is 2.36. The van der Waals surface area contributed by atoms with E-state index in [-0.39, 0.29) is 5.91 Å². The van der Waals surface area contributed by atoms with Gasteiger partial charge in [0.1, 0.15) is 0 Å². The van der Waals surface area contributed by atoms with E-state index in [1.54, 1.807) is 0 Å². The molecule has 2 aliphatic heterocycles. The molecule has 2 unspecified atom stereocenters. The van der Waals surface area contributed by atoms with Crippen molar-refractivity contribution in [2.75, 3.05) is 24.5 Å². The number of benzene rings is 2. The molecule has 5 nitrogen and oxygen atoms in total. The minimum atomic E-state index is -0.368. The smallest absolute Gasteiger partial charge is 0.252 e. The van der Waals surface area contributed by atoms with Crippen molar-refractivity contribution >= 4 is 33.4 Å². The van der Waals surface area contributed by atoms with Gasteiger partial charge in [0.25, 0.3) is 5.91 Å². The van der Waals surface area contributed by atoms with Gasteiger partial charge in [-0.15, -0.1) is 0 Å². The molecule has 122 valence electrons. The number of nitrogens with zero attached hydrogens (tertiary/aromatic N) is 1. The van der Waals surface area contributed by atoms with E-state index in [2.05, 4.69) is 33.4 Å². The number of hydrogen-bond acceptors (Lipinski definition) is 3. The van der Waals surface area contributed by atoms with Crippen LogP contribution in [0.25, 0.3) is 21.8 Å². The second-order valence-electron chi connectivity index (χ2n) is 6.93. The van der Waals surface area contributed by atoms with Crippen molar-refractivity contribution in [3.63, 3.8) is 0 Å². The lowest BCUT2D eigenvalue weighted by atomic mass is 10.0. The van der Waals surface area contributed by atoms with Crippen LogP contribution in [0.2, 0.25) is 0 Å². The summed E-state index contributed by atoms with van der Waals surface area (Å²) < 4.78 is 0. The second kappa shape index (κ2) is 4.98. The number of hydrogen-bond donors (Lipinski definition) is 3. The largest absolute Gasteiger partial charge is 0.369 e. The fourth-order valence-electron chi connectivity index (χ4n) is 4.47. The van der Waals surface area contributed by atoms with Gasteiger partial charge in [0.2, 0.25) is 0 Å². The van der Waals surface area contributed by atoms with Gasteiger partial charge in [-0.1, -0.05) is 24.3 Å². The Morgan fingerprint density at radius 3 is 2.83 bits per heavy atom. The zero-order valence-corrected chi connectivity index (χ0v) is 13.4. The van der Waals surface area contributed by atoms with Crippen molar-refractivity contribution in [2.24, 2.45) is 11.7 Å². The van der Waals surface area contributed by atoms with Crippen LogP contribution in [0.1, 0.15) is 16.8 Å². The predicted octanol–water partition coefficient (Wildman–Crippen LogP) is 2.22. The van der Waals surface area contributed by atoms with E-state index in [0.29, 0.717) is 17.5 Å². The summed E-state index contributed by atoms with van der Waals surface area (Å²) in [5.41, 5.74) is 9.24. The first kappa shape index (κ1) is 13.9. The molecule has 2 aliphatic rings. The maximum atomic E-state index is 12.3. The maximum absolute atomic E-state index is 12.3. The van der Waals surface area contributed by atoms with Crippen molar-refractivity contribution in [1.82, 2.24) is 10.3 Å². The van der Waals surface area contributed by atoms with Crippen LogP contribution in [0.5, 0.6) is 0 Å². The molecular weight excluding hydrogens is 300 g/mol. The molecule has 2 atom stereocenters. The van der Waals surface area contributed by atoms with E-state index >= 15 is 0 Å². The SMILES string of the molecule is NC(=O)c1c(N2CC3CCNC3C2)ccc2c1[nH]c1ccccc12. The van der Waals surface area contributed by atoms with Crippen molar-refractivity contribution < 1.29 is 4.79 Å².